The predicted molar refractivity (Wildman–Crippen MR) is 75.5 cm³/mol. The zero-order valence-electron chi connectivity index (χ0n) is 10.7. The van der Waals surface area contributed by atoms with Crippen molar-refractivity contribution >= 4 is 30.8 Å². The second kappa shape index (κ2) is 6.09. The summed E-state index contributed by atoms with van der Waals surface area (Å²) in [5.74, 6) is 0. The minimum Gasteiger partial charge on any atom is -0.166 e. The van der Waals surface area contributed by atoms with Crippen molar-refractivity contribution in [1.82, 2.24) is 0 Å². The first-order valence-corrected chi connectivity index (χ1v) is 7.27. The van der Waals surface area contributed by atoms with Crippen LogP contribution in [0.1, 0.15) is 11.1 Å². The number of rotatable bonds is 2. The molecular formula is C14H8ClF6P. The fourth-order valence-corrected chi connectivity index (χ4v) is 3.29. The van der Waals surface area contributed by atoms with Crippen LogP contribution in [0, 0.1) is 0 Å². The van der Waals surface area contributed by atoms with Crippen LogP contribution < -0.4 is 10.6 Å². The van der Waals surface area contributed by atoms with E-state index >= 15 is 0 Å². The summed E-state index contributed by atoms with van der Waals surface area (Å²) in [5.41, 5.74) is -1.84. The standard InChI is InChI=1S/C14H8ClF6P/c15-12-10(14(19,20)21)5-2-6-11(12)22-9-4-1-3-8(7-9)13(16,17)18/h1-7,22H. The molecule has 0 bridgehead atoms. The number of alkyl halides is 6. The Bertz CT molecular complexity index is 678. The second-order valence-electron chi connectivity index (χ2n) is 4.37. The van der Waals surface area contributed by atoms with Crippen molar-refractivity contribution in [2.24, 2.45) is 0 Å². The van der Waals surface area contributed by atoms with Gasteiger partial charge in [0, 0.05) is 0 Å². The maximum Gasteiger partial charge on any atom is 0.417 e. The summed E-state index contributed by atoms with van der Waals surface area (Å²) < 4.78 is 76.2. The molecular weight excluding hydrogens is 349 g/mol. The number of halogens is 7. The molecule has 0 amide bonds. The molecule has 0 fully saturated rings. The molecule has 0 aromatic heterocycles. The van der Waals surface area contributed by atoms with Crippen molar-refractivity contribution in [1.29, 1.82) is 0 Å². The van der Waals surface area contributed by atoms with Gasteiger partial charge < -0.3 is 0 Å². The minimum absolute atomic E-state index is 0.149. The van der Waals surface area contributed by atoms with Gasteiger partial charge in [0.2, 0.25) is 0 Å². The monoisotopic (exact) mass is 356 g/mol. The summed E-state index contributed by atoms with van der Waals surface area (Å²) in [6, 6.07) is 7.84. The van der Waals surface area contributed by atoms with E-state index in [2.05, 4.69) is 0 Å². The molecule has 0 radical (unpaired) electrons. The van der Waals surface area contributed by atoms with Gasteiger partial charge in [0.1, 0.15) is 0 Å². The molecule has 1 unspecified atom stereocenters. The molecule has 1 atom stereocenters. The van der Waals surface area contributed by atoms with Crippen LogP contribution in [0.4, 0.5) is 26.3 Å². The first-order valence-electron chi connectivity index (χ1n) is 5.89. The van der Waals surface area contributed by atoms with Crippen LogP contribution >= 0.6 is 20.2 Å². The third-order valence-electron chi connectivity index (χ3n) is 2.77. The average molecular weight is 357 g/mol. The smallest absolute Gasteiger partial charge is 0.166 e. The van der Waals surface area contributed by atoms with Crippen molar-refractivity contribution in [3.63, 3.8) is 0 Å². The Morgan fingerprint density at radius 1 is 0.818 bits per heavy atom. The lowest BCUT2D eigenvalue weighted by atomic mass is 10.2. The number of benzene rings is 2. The number of hydrogen-bond acceptors (Lipinski definition) is 0. The molecule has 0 saturated heterocycles. The fraction of sp³-hybridized carbons (Fsp3) is 0.143. The molecule has 118 valence electrons. The van der Waals surface area contributed by atoms with Gasteiger partial charge in [0.25, 0.3) is 0 Å². The molecule has 2 aromatic carbocycles. The van der Waals surface area contributed by atoms with E-state index in [4.69, 9.17) is 11.6 Å². The summed E-state index contributed by atoms with van der Waals surface area (Å²) in [6.07, 6.45) is -9.11. The molecule has 0 saturated carbocycles. The van der Waals surface area contributed by atoms with Crippen molar-refractivity contribution in [3.05, 3.63) is 58.6 Å². The zero-order chi connectivity index (χ0) is 16.5. The highest BCUT2D eigenvalue weighted by atomic mass is 35.5. The molecule has 2 rings (SSSR count). The van der Waals surface area contributed by atoms with Crippen LogP contribution in [0.5, 0.6) is 0 Å². The highest BCUT2D eigenvalue weighted by molar-refractivity contribution is 7.55. The third kappa shape index (κ3) is 3.93. The summed E-state index contributed by atoms with van der Waals surface area (Å²) >= 11 is 5.74. The molecule has 0 aliphatic carbocycles. The van der Waals surface area contributed by atoms with E-state index < -0.39 is 37.1 Å². The van der Waals surface area contributed by atoms with E-state index in [0.29, 0.717) is 0 Å². The van der Waals surface area contributed by atoms with Crippen LogP contribution in [0.3, 0.4) is 0 Å². The average Bonchev–Trinajstić information content (AvgIpc) is 2.39. The van der Waals surface area contributed by atoms with Crippen LogP contribution in [0.2, 0.25) is 5.02 Å². The Hall–Kier alpha value is -1.26. The lowest BCUT2D eigenvalue weighted by molar-refractivity contribution is -0.138. The van der Waals surface area contributed by atoms with Crippen molar-refractivity contribution in [2.45, 2.75) is 12.4 Å². The zero-order valence-corrected chi connectivity index (χ0v) is 12.4. The Kier molecular flexibility index (Phi) is 4.73. The molecule has 22 heavy (non-hydrogen) atoms. The van der Waals surface area contributed by atoms with Crippen molar-refractivity contribution in [3.8, 4) is 0 Å². The van der Waals surface area contributed by atoms with Crippen LogP contribution in [0.15, 0.2) is 42.5 Å². The van der Waals surface area contributed by atoms with Crippen LogP contribution in [-0.4, -0.2) is 0 Å². The summed E-state index contributed by atoms with van der Waals surface area (Å²) in [5, 5.41) is -0.0717. The van der Waals surface area contributed by atoms with E-state index in [-0.39, 0.29) is 10.6 Å². The summed E-state index contributed by atoms with van der Waals surface area (Å²) in [4.78, 5) is 0. The maximum atomic E-state index is 12.8. The molecule has 2 aromatic rings. The van der Waals surface area contributed by atoms with Crippen LogP contribution in [0.25, 0.3) is 0 Å². The van der Waals surface area contributed by atoms with Gasteiger partial charge in [-0.1, -0.05) is 44.4 Å². The van der Waals surface area contributed by atoms with Gasteiger partial charge in [-0.15, -0.1) is 0 Å². The Morgan fingerprint density at radius 3 is 2.05 bits per heavy atom. The highest BCUT2D eigenvalue weighted by Gasteiger charge is 2.34. The predicted octanol–water partition coefficient (Wildman–Crippen LogP) is 5.01. The van der Waals surface area contributed by atoms with Gasteiger partial charge in [-0.25, -0.2) is 0 Å². The Morgan fingerprint density at radius 2 is 1.45 bits per heavy atom. The van der Waals surface area contributed by atoms with E-state index in [1.165, 1.54) is 24.3 Å². The molecule has 8 heteroatoms. The van der Waals surface area contributed by atoms with Crippen molar-refractivity contribution in [2.75, 3.05) is 0 Å². The van der Waals surface area contributed by atoms with E-state index in [9.17, 15) is 26.3 Å². The Balaban J connectivity index is 2.36. The largest absolute Gasteiger partial charge is 0.417 e. The minimum atomic E-state index is -4.61. The number of hydrogen-bond donors (Lipinski definition) is 0. The van der Waals surface area contributed by atoms with Gasteiger partial charge in [-0.05, 0) is 28.8 Å². The van der Waals surface area contributed by atoms with E-state index in [1.807, 2.05) is 0 Å². The molecule has 0 aliphatic rings. The SMILES string of the molecule is FC(F)(F)c1cccc(Pc2cccc(C(F)(F)F)c2Cl)c1. The molecule has 0 nitrogen and oxygen atoms in total. The molecule has 0 heterocycles. The Labute approximate surface area is 128 Å². The first-order chi connectivity index (χ1) is 10.1. The molecule has 0 spiro atoms. The fourth-order valence-electron chi connectivity index (χ4n) is 1.78. The molecule has 0 N–H and O–H groups in total. The molecule has 0 aliphatic heterocycles. The lowest BCUT2D eigenvalue weighted by Crippen LogP contribution is -2.14. The quantitative estimate of drug-likeness (QED) is 0.524. The topological polar surface area (TPSA) is 0 Å². The third-order valence-corrected chi connectivity index (χ3v) is 4.62. The maximum absolute atomic E-state index is 12.8. The van der Waals surface area contributed by atoms with Gasteiger partial charge in [-0.3, -0.25) is 0 Å². The van der Waals surface area contributed by atoms with Crippen molar-refractivity contribution < 1.29 is 26.3 Å². The normalized spacial score (nSPS) is 13.0. The lowest BCUT2D eigenvalue weighted by Gasteiger charge is -2.13. The van der Waals surface area contributed by atoms with Gasteiger partial charge >= 0.3 is 12.4 Å². The highest BCUT2D eigenvalue weighted by Crippen LogP contribution is 2.35. The van der Waals surface area contributed by atoms with Gasteiger partial charge in [0.05, 0.1) is 16.1 Å². The first kappa shape index (κ1) is 17.1. The summed E-state index contributed by atoms with van der Waals surface area (Å²) in [6.45, 7) is 0. The van der Waals surface area contributed by atoms with E-state index in [1.54, 1.807) is 0 Å². The summed E-state index contributed by atoms with van der Waals surface area (Å²) in [7, 11) is -0.405. The van der Waals surface area contributed by atoms with Crippen LogP contribution in [-0.2, 0) is 12.4 Å². The van der Waals surface area contributed by atoms with Gasteiger partial charge in [0.15, 0.2) is 0 Å². The van der Waals surface area contributed by atoms with Gasteiger partial charge in [-0.2, -0.15) is 26.3 Å². The van der Waals surface area contributed by atoms with E-state index in [0.717, 1.165) is 18.2 Å². The second-order valence-corrected chi connectivity index (χ2v) is 6.11.